The summed E-state index contributed by atoms with van der Waals surface area (Å²) < 4.78 is 26.9. The van der Waals surface area contributed by atoms with Crippen LogP contribution in [-0.2, 0) is 10.3 Å². The number of benzene rings is 2. The Balaban J connectivity index is 1.56. The predicted molar refractivity (Wildman–Crippen MR) is 99.1 cm³/mol. The van der Waals surface area contributed by atoms with E-state index < -0.39 is 29.1 Å². The summed E-state index contributed by atoms with van der Waals surface area (Å²) in [7, 11) is 0. The van der Waals surface area contributed by atoms with Gasteiger partial charge in [-0.05, 0) is 43.0 Å². The predicted octanol–water partition coefficient (Wildman–Crippen LogP) is 3.53. The second-order valence-corrected chi connectivity index (χ2v) is 7.44. The molecule has 0 aliphatic carbocycles. The van der Waals surface area contributed by atoms with E-state index in [1.807, 2.05) is 30.3 Å². The minimum atomic E-state index is -1.42. The summed E-state index contributed by atoms with van der Waals surface area (Å²) in [6, 6.07) is 12.8. The molecule has 1 N–H and O–H groups in total. The Kier molecular flexibility index (Phi) is 4.63. The van der Waals surface area contributed by atoms with Gasteiger partial charge in [-0.1, -0.05) is 36.4 Å². The van der Waals surface area contributed by atoms with Crippen molar-refractivity contribution in [1.29, 1.82) is 0 Å². The highest BCUT2D eigenvalue weighted by Crippen LogP contribution is 2.34. The van der Waals surface area contributed by atoms with Gasteiger partial charge in [0.15, 0.2) is 11.6 Å². The highest BCUT2D eigenvalue weighted by molar-refractivity contribution is 6.07. The van der Waals surface area contributed by atoms with E-state index in [1.54, 1.807) is 0 Å². The van der Waals surface area contributed by atoms with E-state index in [9.17, 15) is 18.4 Å². The summed E-state index contributed by atoms with van der Waals surface area (Å²) in [6.07, 6.45) is 1.93. The van der Waals surface area contributed by atoms with Crippen LogP contribution in [0.2, 0.25) is 0 Å². The first-order valence-electron chi connectivity index (χ1n) is 9.29. The molecule has 2 atom stereocenters. The van der Waals surface area contributed by atoms with Crippen LogP contribution in [0.25, 0.3) is 0 Å². The third-order valence-electron chi connectivity index (χ3n) is 5.64. The van der Waals surface area contributed by atoms with E-state index in [2.05, 4.69) is 10.2 Å². The Bertz CT molecular complexity index is 921. The number of nitrogens with zero attached hydrogens (tertiary/aromatic N) is 2. The van der Waals surface area contributed by atoms with E-state index in [0.29, 0.717) is 0 Å². The molecule has 2 saturated heterocycles. The number of likely N-dealkylation sites (tertiary alicyclic amines) is 1. The molecule has 2 aliphatic heterocycles. The topological polar surface area (TPSA) is 52.7 Å². The fourth-order valence-corrected chi connectivity index (χ4v) is 4.06. The molecular formula is C21H21F2N3O2. The largest absolute Gasteiger partial charge is 0.326 e. The first-order chi connectivity index (χ1) is 13.4. The van der Waals surface area contributed by atoms with Crippen LogP contribution < -0.4 is 5.32 Å². The second kappa shape index (κ2) is 6.98. The van der Waals surface area contributed by atoms with E-state index in [0.717, 1.165) is 42.0 Å². The summed E-state index contributed by atoms with van der Waals surface area (Å²) in [5, 5.41) is 2.64. The maximum Gasteiger partial charge on any atom is 0.326 e. The highest BCUT2D eigenvalue weighted by Gasteiger charge is 2.50. The molecular weight excluding hydrogens is 364 g/mol. The lowest BCUT2D eigenvalue weighted by molar-refractivity contribution is -0.132. The molecule has 0 unspecified atom stereocenters. The highest BCUT2D eigenvalue weighted by atomic mass is 19.2. The van der Waals surface area contributed by atoms with Crippen molar-refractivity contribution in [2.75, 3.05) is 13.2 Å². The zero-order valence-corrected chi connectivity index (χ0v) is 15.5. The Morgan fingerprint density at radius 1 is 1.11 bits per heavy atom. The smallest absolute Gasteiger partial charge is 0.319 e. The van der Waals surface area contributed by atoms with Gasteiger partial charge in [-0.2, -0.15) is 0 Å². The molecule has 3 amide bonds. The first kappa shape index (κ1) is 18.6. The van der Waals surface area contributed by atoms with E-state index >= 15 is 0 Å². The van der Waals surface area contributed by atoms with Crippen molar-refractivity contribution in [3.05, 3.63) is 71.3 Å². The van der Waals surface area contributed by atoms with E-state index in [-0.39, 0.29) is 18.3 Å². The lowest BCUT2D eigenvalue weighted by atomic mass is 9.92. The Labute approximate surface area is 161 Å². The zero-order chi connectivity index (χ0) is 19.9. The average Bonchev–Trinajstić information content (AvgIpc) is 3.24. The van der Waals surface area contributed by atoms with Gasteiger partial charge in [0.05, 0.1) is 6.67 Å². The molecule has 0 aromatic heterocycles. The Morgan fingerprint density at radius 3 is 2.57 bits per heavy atom. The third kappa shape index (κ3) is 3.05. The van der Waals surface area contributed by atoms with Gasteiger partial charge in [0.25, 0.3) is 5.91 Å². The molecule has 5 nitrogen and oxygen atoms in total. The zero-order valence-electron chi connectivity index (χ0n) is 15.5. The fourth-order valence-electron chi connectivity index (χ4n) is 4.06. The molecule has 0 radical (unpaired) electrons. The minimum Gasteiger partial charge on any atom is -0.319 e. The van der Waals surface area contributed by atoms with Crippen LogP contribution in [-0.4, -0.2) is 35.0 Å². The number of imide groups is 1. The van der Waals surface area contributed by atoms with Gasteiger partial charge in [-0.25, -0.2) is 18.5 Å². The maximum atomic E-state index is 13.7. The molecule has 2 aromatic rings. The number of hydrogen-bond acceptors (Lipinski definition) is 3. The van der Waals surface area contributed by atoms with Crippen LogP contribution in [0.5, 0.6) is 0 Å². The monoisotopic (exact) mass is 385 g/mol. The van der Waals surface area contributed by atoms with Crippen LogP contribution in [0.1, 0.15) is 36.9 Å². The van der Waals surface area contributed by atoms with Crippen LogP contribution in [0, 0.1) is 11.6 Å². The van der Waals surface area contributed by atoms with Gasteiger partial charge in [0.1, 0.15) is 5.54 Å². The summed E-state index contributed by atoms with van der Waals surface area (Å²) >= 11 is 0. The molecule has 2 fully saturated rings. The van der Waals surface area contributed by atoms with Gasteiger partial charge in [0, 0.05) is 12.6 Å². The maximum absolute atomic E-state index is 13.7. The molecule has 0 bridgehead atoms. The molecule has 2 aromatic carbocycles. The van der Waals surface area contributed by atoms with Crippen LogP contribution in [0.3, 0.4) is 0 Å². The van der Waals surface area contributed by atoms with Crippen LogP contribution in [0.15, 0.2) is 48.5 Å². The van der Waals surface area contributed by atoms with Crippen molar-refractivity contribution in [2.45, 2.75) is 31.3 Å². The lowest BCUT2D eigenvalue weighted by Crippen LogP contribution is -2.43. The van der Waals surface area contributed by atoms with Crippen molar-refractivity contribution in [3.8, 4) is 0 Å². The van der Waals surface area contributed by atoms with Crippen LogP contribution in [0.4, 0.5) is 13.6 Å². The number of hydrogen-bond donors (Lipinski definition) is 1. The molecule has 0 spiro atoms. The molecule has 0 saturated carbocycles. The number of carbonyl (C=O) groups is 2. The SMILES string of the molecule is C[C@@]1(c2ccc(F)c(F)c2)NC(=O)N(CN2CCC[C@H]2c2ccccc2)C1=O. The van der Waals surface area contributed by atoms with E-state index in [4.69, 9.17) is 0 Å². The van der Waals surface area contributed by atoms with Crippen molar-refractivity contribution in [3.63, 3.8) is 0 Å². The molecule has 2 aliphatic rings. The van der Waals surface area contributed by atoms with Gasteiger partial charge in [-0.15, -0.1) is 0 Å². The molecule has 146 valence electrons. The fraction of sp³-hybridized carbons (Fsp3) is 0.333. The summed E-state index contributed by atoms with van der Waals surface area (Å²) in [6.45, 7) is 2.45. The summed E-state index contributed by atoms with van der Waals surface area (Å²) in [4.78, 5) is 28.9. The first-order valence-corrected chi connectivity index (χ1v) is 9.29. The standard InChI is InChI=1S/C21H21F2N3O2/c1-21(15-9-10-16(22)17(23)12-15)19(27)26(20(28)24-21)13-25-11-5-8-18(25)14-6-3-2-4-7-14/h2-4,6-7,9-10,12,18H,5,8,11,13H2,1H3,(H,24,28)/t18-,21-/m0/s1. The second-order valence-electron chi connectivity index (χ2n) is 7.44. The quantitative estimate of drug-likeness (QED) is 0.820. The molecule has 7 heteroatoms. The van der Waals surface area contributed by atoms with Gasteiger partial charge >= 0.3 is 6.03 Å². The number of halogens is 2. The Morgan fingerprint density at radius 2 is 1.86 bits per heavy atom. The van der Waals surface area contributed by atoms with Crippen molar-refractivity contribution in [2.24, 2.45) is 0 Å². The number of amides is 3. The Hall–Kier alpha value is -2.80. The van der Waals surface area contributed by atoms with E-state index in [1.165, 1.54) is 13.0 Å². The van der Waals surface area contributed by atoms with Crippen molar-refractivity contribution >= 4 is 11.9 Å². The number of nitrogens with one attached hydrogen (secondary N) is 1. The normalized spacial score (nSPS) is 25.4. The average molecular weight is 385 g/mol. The number of rotatable bonds is 4. The van der Waals surface area contributed by atoms with Gasteiger partial charge in [-0.3, -0.25) is 9.69 Å². The minimum absolute atomic E-state index is 0.136. The van der Waals surface area contributed by atoms with Crippen molar-refractivity contribution < 1.29 is 18.4 Å². The molecule has 4 rings (SSSR count). The number of urea groups is 1. The van der Waals surface area contributed by atoms with Gasteiger partial charge in [0.2, 0.25) is 0 Å². The molecule has 2 heterocycles. The molecule has 28 heavy (non-hydrogen) atoms. The van der Waals surface area contributed by atoms with Crippen LogP contribution >= 0.6 is 0 Å². The number of carbonyl (C=O) groups excluding carboxylic acids is 2. The summed E-state index contributed by atoms with van der Waals surface area (Å²) in [5.41, 5.74) is -0.0585. The van der Waals surface area contributed by atoms with Gasteiger partial charge < -0.3 is 5.32 Å². The third-order valence-corrected chi connectivity index (χ3v) is 5.64. The summed E-state index contributed by atoms with van der Waals surface area (Å²) in [5.74, 6) is -2.52. The van der Waals surface area contributed by atoms with Crippen molar-refractivity contribution in [1.82, 2.24) is 15.1 Å². The lowest BCUT2D eigenvalue weighted by Gasteiger charge is -2.29.